The standard InChI is InChI=1S/C15H28N2O3S/c1-11(8-9-21(2,19)20)16-15(18)17-14-5-3-4-13(10-14)12-6-7-12/h11-14H,3-10H2,1-2H3,(H2,16,17,18)/t11-,13+,14+/m1/s1. The lowest BCUT2D eigenvalue weighted by molar-refractivity contribution is 0.218. The van der Waals surface area contributed by atoms with Crippen LogP contribution >= 0.6 is 0 Å². The maximum atomic E-state index is 12.0. The van der Waals surface area contributed by atoms with E-state index in [0.29, 0.717) is 6.42 Å². The second-order valence-corrected chi connectivity index (χ2v) is 9.16. The third-order valence-electron chi connectivity index (χ3n) is 4.64. The van der Waals surface area contributed by atoms with E-state index in [4.69, 9.17) is 0 Å². The van der Waals surface area contributed by atoms with Crippen LogP contribution in [-0.4, -0.2) is 38.5 Å². The SMILES string of the molecule is C[C@H](CCS(C)(=O)=O)NC(=O)N[C@H]1CCC[C@H](C2CC2)C1. The zero-order valence-electron chi connectivity index (χ0n) is 13.1. The number of hydrogen-bond donors (Lipinski definition) is 2. The minimum atomic E-state index is -2.96. The summed E-state index contributed by atoms with van der Waals surface area (Å²) < 4.78 is 22.2. The predicted octanol–water partition coefficient (Wildman–Crippen LogP) is 2.08. The Bertz CT molecular complexity index is 460. The molecule has 2 saturated carbocycles. The molecule has 6 heteroatoms. The Hall–Kier alpha value is -0.780. The Balaban J connectivity index is 1.68. The van der Waals surface area contributed by atoms with Crippen molar-refractivity contribution in [2.45, 2.75) is 64.0 Å². The highest BCUT2D eigenvalue weighted by Gasteiger charge is 2.35. The smallest absolute Gasteiger partial charge is 0.315 e. The van der Waals surface area contributed by atoms with Crippen molar-refractivity contribution in [1.29, 1.82) is 0 Å². The molecule has 122 valence electrons. The molecule has 0 bridgehead atoms. The number of nitrogens with one attached hydrogen (secondary N) is 2. The molecule has 0 heterocycles. The fourth-order valence-electron chi connectivity index (χ4n) is 3.27. The Labute approximate surface area is 128 Å². The van der Waals surface area contributed by atoms with Gasteiger partial charge in [-0.15, -0.1) is 0 Å². The Kier molecular flexibility index (Phi) is 5.52. The van der Waals surface area contributed by atoms with Gasteiger partial charge in [0, 0.05) is 18.3 Å². The lowest BCUT2D eigenvalue weighted by Gasteiger charge is -2.30. The molecule has 2 fully saturated rings. The molecule has 2 aliphatic carbocycles. The summed E-state index contributed by atoms with van der Waals surface area (Å²) in [6.45, 7) is 1.85. The van der Waals surface area contributed by atoms with Crippen LogP contribution in [0.25, 0.3) is 0 Å². The van der Waals surface area contributed by atoms with E-state index >= 15 is 0 Å². The Morgan fingerprint density at radius 3 is 2.52 bits per heavy atom. The van der Waals surface area contributed by atoms with Gasteiger partial charge in [0.25, 0.3) is 0 Å². The molecule has 0 aromatic rings. The Morgan fingerprint density at radius 1 is 1.19 bits per heavy atom. The van der Waals surface area contributed by atoms with Crippen LogP contribution in [0.2, 0.25) is 0 Å². The second-order valence-electron chi connectivity index (χ2n) is 6.90. The lowest BCUT2D eigenvalue weighted by atomic mass is 9.83. The number of amides is 2. The van der Waals surface area contributed by atoms with Crippen molar-refractivity contribution < 1.29 is 13.2 Å². The maximum absolute atomic E-state index is 12.0. The largest absolute Gasteiger partial charge is 0.336 e. The monoisotopic (exact) mass is 316 g/mol. The summed E-state index contributed by atoms with van der Waals surface area (Å²) in [5, 5.41) is 5.91. The van der Waals surface area contributed by atoms with Crippen LogP contribution in [0.1, 0.15) is 51.9 Å². The van der Waals surface area contributed by atoms with Gasteiger partial charge in [-0.05, 0) is 50.9 Å². The van der Waals surface area contributed by atoms with Gasteiger partial charge in [-0.2, -0.15) is 0 Å². The van der Waals surface area contributed by atoms with Crippen LogP contribution in [-0.2, 0) is 9.84 Å². The maximum Gasteiger partial charge on any atom is 0.315 e. The van der Waals surface area contributed by atoms with E-state index in [-0.39, 0.29) is 23.9 Å². The summed E-state index contributed by atoms with van der Waals surface area (Å²) in [4.78, 5) is 12.0. The van der Waals surface area contributed by atoms with Crippen molar-refractivity contribution >= 4 is 15.9 Å². The first-order valence-corrected chi connectivity index (χ1v) is 10.1. The van der Waals surface area contributed by atoms with Crippen molar-refractivity contribution in [1.82, 2.24) is 10.6 Å². The van der Waals surface area contributed by atoms with E-state index in [2.05, 4.69) is 10.6 Å². The van der Waals surface area contributed by atoms with E-state index in [1.54, 1.807) is 0 Å². The van der Waals surface area contributed by atoms with Crippen LogP contribution in [0.4, 0.5) is 4.79 Å². The average molecular weight is 316 g/mol. The number of carbonyl (C=O) groups excluding carboxylic acids is 1. The van der Waals surface area contributed by atoms with Crippen LogP contribution in [0, 0.1) is 11.8 Å². The highest BCUT2D eigenvalue weighted by Crippen LogP contribution is 2.43. The molecule has 0 aromatic carbocycles. The van der Waals surface area contributed by atoms with Gasteiger partial charge in [0.2, 0.25) is 0 Å². The molecule has 2 rings (SSSR count). The van der Waals surface area contributed by atoms with Gasteiger partial charge in [0.15, 0.2) is 0 Å². The van der Waals surface area contributed by atoms with E-state index in [0.717, 1.165) is 24.7 Å². The highest BCUT2D eigenvalue weighted by atomic mass is 32.2. The average Bonchev–Trinajstić information content (AvgIpc) is 3.20. The fraction of sp³-hybridized carbons (Fsp3) is 0.933. The molecule has 2 amide bonds. The molecule has 5 nitrogen and oxygen atoms in total. The normalized spacial score (nSPS) is 27.9. The minimum absolute atomic E-state index is 0.113. The summed E-state index contributed by atoms with van der Waals surface area (Å²) in [6, 6.07) is 0.00597. The van der Waals surface area contributed by atoms with Crippen LogP contribution < -0.4 is 10.6 Å². The van der Waals surface area contributed by atoms with Gasteiger partial charge in [-0.3, -0.25) is 0 Å². The number of sulfone groups is 1. The summed E-state index contributed by atoms with van der Waals surface area (Å²) in [5.74, 6) is 1.82. The predicted molar refractivity (Wildman–Crippen MR) is 83.9 cm³/mol. The topological polar surface area (TPSA) is 75.3 Å². The van der Waals surface area contributed by atoms with Crippen molar-refractivity contribution in [2.24, 2.45) is 11.8 Å². The first-order chi connectivity index (χ1) is 9.83. The van der Waals surface area contributed by atoms with Crippen LogP contribution in [0.15, 0.2) is 0 Å². The third kappa shape index (κ3) is 6.24. The summed E-state index contributed by atoms with van der Waals surface area (Å²) >= 11 is 0. The molecule has 0 aliphatic heterocycles. The molecule has 21 heavy (non-hydrogen) atoms. The van der Waals surface area contributed by atoms with E-state index in [1.165, 1.54) is 31.9 Å². The van der Waals surface area contributed by atoms with Crippen LogP contribution in [0.3, 0.4) is 0 Å². The van der Waals surface area contributed by atoms with Gasteiger partial charge in [0.05, 0.1) is 5.75 Å². The van der Waals surface area contributed by atoms with Gasteiger partial charge in [-0.25, -0.2) is 13.2 Å². The Morgan fingerprint density at radius 2 is 1.90 bits per heavy atom. The molecule has 0 spiro atoms. The molecule has 3 atom stereocenters. The van der Waals surface area contributed by atoms with E-state index in [9.17, 15) is 13.2 Å². The minimum Gasteiger partial charge on any atom is -0.336 e. The molecule has 0 aromatic heterocycles. The number of urea groups is 1. The van der Waals surface area contributed by atoms with Crippen molar-refractivity contribution in [2.75, 3.05) is 12.0 Å². The molecular weight excluding hydrogens is 288 g/mol. The van der Waals surface area contributed by atoms with Crippen molar-refractivity contribution in [3.8, 4) is 0 Å². The fourth-order valence-corrected chi connectivity index (χ4v) is 4.05. The van der Waals surface area contributed by atoms with E-state index < -0.39 is 9.84 Å². The molecule has 2 N–H and O–H groups in total. The number of hydrogen-bond acceptors (Lipinski definition) is 3. The third-order valence-corrected chi connectivity index (χ3v) is 5.62. The molecule has 2 aliphatic rings. The van der Waals surface area contributed by atoms with Gasteiger partial charge in [0.1, 0.15) is 9.84 Å². The zero-order valence-corrected chi connectivity index (χ0v) is 13.9. The van der Waals surface area contributed by atoms with Crippen molar-refractivity contribution in [3.05, 3.63) is 0 Å². The number of rotatable bonds is 6. The quantitative estimate of drug-likeness (QED) is 0.788. The highest BCUT2D eigenvalue weighted by molar-refractivity contribution is 7.90. The molecular formula is C15H28N2O3S. The molecule has 0 radical (unpaired) electrons. The van der Waals surface area contributed by atoms with Gasteiger partial charge in [-0.1, -0.05) is 12.8 Å². The summed E-state index contributed by atoms with van der Waals surface area (Å²) in [6.07, 6.45) is 9.11. The molecule has 0 saturated heterocycles. The van der Waals surface area contributed by atoms with Crippen molar-refractivity contribution in [3.63, 3.8) is 0 Å². The van der Waals surface area contributed by atoms with Gasteiger partial charge < -0.3 is 10.6 Å². The number of carbonyl (C=O) groups is 1. The van der Waals surface area contributed by atoms with Crippen LogP contribution in [0.5, 0.6) is 0 Å². The first kappa shape index (κ1) is 16.6. The zero-order chi connectivity index (χ0) is 15.5. The van der Waals surface area contributed by atoms with E-state index in [1.807, 2.05) is 6.92 Å². The first-order valence-electron chi connectivity index (χ1n) is 8.08. The summed E-state index contributed by atoms with van der Waals surface area (Å²) in [5.41, 5.74) is 0. The lowest BCUT2D eigenvalue weighted by Crippen LogP contribution is -2.47. The molecule has 0 unspecified atom stereocenters. The summed E-state index contributed by atoms with van der Waals surface area (Å²) in [7, 11) is -2.96. The van der Waals surface area contributed by atoms with Gasteiger partial charge >= 0.3 is 6.03 Å². The second kappa shape index (κ2) is 6.99.